The molecular weight excluding hydrogens is 360 g/mol. The van der Waals surface area contributed by atoms with E-state index in [1.165, 1.54) is 11.1 Å². The fourth-order valence-corrected chi connectivity index (χ4v) is 3.91. The Morgan fingerprint density at radius 1 is 0.786 bits per heavy atom. The van der Waals surface area contributed by atoms with E-state index in [1.807, 2.05) is 18.2 Å². The lowest BCUT2D eigenvalue weighted by Gasteiger charge is -2.23. The number of phenols is 1. The van der Waals surface area contributed by atoms with Gasteiger partial charge in [-0.05, 0) is 60.7 Å². The van der Waals surface area contributed by atoms with Gasteiger partial charge in [-0.3, -0.25) is 0 Å². The molecule has 0 heterocycles. The third-order valence-corrected chi connectivity index (χ3v) is 6.75. The fourth-order valence-electron chi connectivity index (χ4n) is 3.77. The number of rotatable bonds is 7. The Labute approximate surface area is 174 Å². The lowest BCUT2D eigenvalue weighted by molar-refractivity contribution is 0.478. The maximum Gasteiger partial charge on any atom is 0.148 e. The van der Waals surface area contributed by atoms with Crippen LogP contribution in [0.5, 0.6) is 5.75 Å². The van der Waals surface area contributed by atoms with Crippen LogP contribution in [-0.2, 0) is 23.8 Å². The summed E-state index contributed by atoms with van der Waals surface area (Å²) in [6.45, 7) is 6.59. The topological polar surface area (TPSA) is 20.2 Å². The summed E-state index contributed by atoms with van der Waals surface area (Å²) in [5.74, 6) is 0.347. The molecule has 0 saturated carbocycles. The predicted octanol–water partition coefficient (Wildman–Crippen LogP) is 6.71. The van der Waals surface area contributed by atoms with Gasteiger partial charge in [-0.1, -0.05) is 81.8 Å². The molecule has 0 fully saturated rings. The van der Waals surface area contributed by atoms with Crippen LogP contribution in [0.4, 0.5) is 0 Å². The number of phenolic OH excluding ortho intramolecular Hbond substituents is 1. The number of hydrogen-bond acceptors (Lipinski definition) is 1. The van der Waals surface area contributed by atoms with Crippen LogP contribution in [0.1, 0.15) is 51.2 Å². The zero-order valence-electron chi connectivity index (χ0n) is 17.1. The van der Waals surface area contributed by atoms with Crippen molar-refractivity contribution in [1.82, 2.24) is 0 Å². The minimum absolute atomic E-state index is 0.103. The quantitative estimate of drug-likeness (QED) is 0.444. The molecule has 0 saturated heterocycles. The molecule has 1 nitrogen and oxygen atoms in total. The molecule has 2 heteroatoms. The highest BCUT2D eigenvalue weighted by molar-refractivity contribution is 7.60. The first-order valence-corrected chi connectivity index (χ1v) is 10.8. The molecule has 3 rings (SSSR count). The van der Waals surface area contributed by atoms with Gasteiger partial charge in [0.1, 0.15) is 10.5 Å². The molecule has 146 valence electrons. The minimum atomic E-state index is -0.103. The van der Waals surface area contributed by atoms with E-state index in [-0.39, 0.29) is 4.75 Å². The minimum Gasteiger partial charge on any atom is -0.507 e. The van der Waals surface area contributed by atoms with Crippen LogP contribution in [0, 0.1) is 0 Å². The predicted molar refractivity (Wildman–Crippen MR) is 125 cm³/mol. The monoisotopic (exact) mass is 391 g/mol. The van der Waals surface area contributed by atoms with E-state index in [0.717, 1.165) is 47.9 Å². The summed E-state index contributed by atoms with van der Waals surface area (Å²) in [7, 11) is 0. The van der Waals surface area contributed by atoms with Gasteiger partial charge in [0.05, 0.1) is 0 Å². The number of hydrogen-bond donors (Lipinski definition) is 1. The highest BCUT2D eigenvalue weighted by Gasteiger charge is 2.32. The summed E-state index contributed by atoms with van der Waals surface area (Å²) in [6, 6.07) is 23.0. The lowest BCUT2D eigenvalue weighted by atomic mass is 9.86. The van der Waals surface area contributed by atoms with Crippen molar-refractivity contribution in [3.05, 3.63) is 77.9 Å². The van der Waals surface area contributed by atoms with E-state index in [4.69, 9.17) is 0 Å². The summed E-state index contributed by atoms with van der Waals surface area (Å²) in [5, 5.41) is 11.2. The molecule has 0 unspecified atom stereocenters. The lowest BCUT2D eigenvalue weighted by Crippen LogP contribution is -2.20. The third-order valence-electron chi connectivity index (χ3n) is 5.76. The summed E-state index contributed by atoms with van der Waals surface area (Å²) < 4.78 is -0.103. The van der Waals surface area contributed by atoms with E-state index in [0.29, 0.717) is 5.75 Å². The van der Waals surface area contributed by atoms with Crippen LogP contribution in [0.3, 0.4) is 0 Å². The first-order chi connectivity index (χ1) is 13.5. The van der Waals surface area contributed by atoms with Gasteiger partial charge >= 0.3 is 0 Å². The van der Waals surface area contributed by atoms with Gasteiger partial charge in [-0.2, -0.15) is 0 Å². The molecule has 0 aliphatic rings. The van der Waals surface area contributed by atoms with Gasteiger partial charge in [-0.25, -0.2) is 0 Å². The molecule has 0 aromatic heterocycles. The summed E-state index contributed by atoms with van der Waals surface area (Å²) in [4.78, 5) is 0. The molecular formula is C26H31OS+. The SMILES string of the molecule is CCCc1ccc(-c2cc(C([SH2+])(CC)CC)cc(-c3ccccc3)c2O)cc1. The second-order valence-electron chi connectivity index (χ2n) is 7.52. The van der Waals surface area contributed by atoms with E-state index in [1.54, 1.807) is 0 Å². The Morgan fingerprint density at radius 2 is 1.32 bits per heavy atom. The summed E-state index contributed by atoms with van der Waals surface area (Å²) in [5.41, 5.74) is 6.41. The van der Waals surface area contributed by atoms with Crippen LogP contribution in [0.15, 0.2) is 66.7 Å². The fraction of sp³-hybridized carbons (Fsp3) is 0.308. The van der Waals surface area contributed by atoms with Crippen molar-refractivity contribution in [3.8, 4) is 28.0 Å². The molecule has 0 aliphatic heterocycles. The Hall–Kier alpha value is -2.19. The second-order valence-corrected chi connectivity index (χ2v) is 8.48. The zero-order valence-corrected chi connectivity index (χ0v) is 18.1. The molecule has 0 aliphatic carbocycles. The average molecular weight is 392 g/mol. The van der Waals surface area contributed by atoms with E-state index in [2.05, 4.69) is 81.9 Å². The molecule has 0 bridgehead atoms. The summed E-state index contributed by atoms with van der Waals surface area (Å²) in [6.07, 6.45) is 4.18. The van der Waals surface area contributed by atoms with Crippen molar-refractivity contribution in [2.45, 2.75) is 51.2 Å². The third kappa shape index (κ3) is 4.12. The van der Waals surface area contributed by atoms with E-state index < -0.39 is 0 Å². The molecule has 3 aromatic carbocycles. The highest BCUT2D eigenvalue weighted by atomic mass is 32.1. The molecule has 3 aromatic rings. The van der Waals surface area contributed by atoms with Crippen molar-refractivity contribution in [3.63, 3.8) is 0 Å². The Kier molecular flexibility index (Phi) is 6.51. The normalized spacial score (nSPS) is 11.6. The molecule has 0 amide bonds. The van der Waals surface area contributed by atoms with Crippen molar-refractivity contribution < 1.29 is 5.11 Å². The second kappa shape index (κ2) is 8.87. The standard InChI is InChI=1S/C26H30OS/c1-4-10-19-13-15-21(16-14-19)24-18-22(26(28,5-2)6-3)17-23(25(24)27)20-11-8-7-9-12-20/h7-9,11-18,27-28H,4-6,10H2,1-3H3/p+1. The Bertz CT molecular complexity index is 909. The molecule has 0 atom stereocenters. The first kappa shape index (κ1) is 20.5. The van der Waals surface area contributed by atoms with Gasteiger partial charge in [0.25, 0.3) is 0 Å². The smallest absolute Gasteiger partial charge is 0.148 e. The summed E-state index contributed by atoms with van der Waals surface area (Å²) >= 11 is 4.04. The Balaban J connectivity index is 2.20. The Morgan fingerprint density at radius 3 is 1.82 bits per heavy atom. The van der Waals surface area contributed by atoms with Crippen LogP contribution >= 0.6 is 0 Å². The molecule has 28 heavy (non-hydrogen) atoms. The van der Waals surface area contributed by atoms with Gasteiger partial charge in [0.2, 0.25) is 0 Å². The largest absolute Gasteiger partial charge is 0.507 e. The van der Waals surface area contributed by atoms with Crippen LogP contribution in [0.25, 0.3) is 22.3 Å². The zero-order chi connectivity index (χ0) is 20.1. The van der Waals surface area contributed by atoms with Gasteiger partial charge in [-0.15, -0.1) is 0 Å². The first-order valence-electron chi connectivity index (χ1n) is 10.3. The number of benzene rings is 3. The van der Waals surface area contributed by atoms with Gasteiger partial charge in [0.15, 0.2) is 0 Å². The van der Waals surface area contributed by atoms with Gasteiger partial charge < -0.3 is 5.11 Å². The number of aromatic hydroxyl groups is 1. The average Bonchev–Trinajstić information content (AvgIpc) is 2.75. The maximum absolute atomic E-state index is 11.2. The van der Waals surface area contributed by atoms with Crippen LogP contribution < -0.4 is 0 Å². The van der Waals surface area contributed by atoms with Gasteiger partial charge in [0, 0.05) is 16.7 Å². The van der Waals surface area contributed by atoms with Crippen molar-refractivity contribution in [2.24, 2.45) is 0 Å². The van der Waals surface area contributed by atoms with Crippen LogP contribution in [-0.4, -0.2) is 5.11 Å². The molecule has 1 N–H and O–H groups in total. The highest BCUT2D eigenvalue weighted by Crippen LogP contribution is 2.43. The van der Waals surface area contributed by atoms with Crippen LogP contribution in [0.2, 0.25) is 0 Å². The van der Waals surface area contributed by atoms with E-state index in [9.17, 15) is 5.11 Å². The van der Waals surface area contributed by atoms with Crippen molar-refractivity contribution in [1.29, 1.82) is 0 Å². The molecule has 0 radical (unpaired) electrons. The van der Waals surface area contributed by atoms with Crippen molar-refractivity contribution in [2.75, 3.05) is 0 Å². The molecule has 0 spiro atoms. The maximum atomic E-state index is 11.2. The van der Waals surface area contributed by atoms with E-state index >= 15 is 0 Å². The van der Waals surface area contributed by atoms with Crippen molar-refractivity contribution >= 4 is 12.6 Å². The number of aryl methyl sites for hydroxylation is 1.